The van der Waals surface area contributed by atoms with Crippen molar-refractivity contribution in [2.24, 2.45) is 0 Å². The molecular weight excluding hydrogens is 292 g/mol. The molecule has 1 saturated heterocycles. The highest BCUT2D eigenvalue weighted by atomic mass is 79.9. The van der Waals surface area contributed by atoms with E-state index in [0.29, 0.717) is 0 Å². The van der Waals surface area contributed by atoms with Crippen molar-refractivity contribution < 1.29 is 5.11 Å². The molecule has 1 unspecified atom stereocenters. The molecule has 0 bridgehead atoms. The Morgan fingerprint density at radius 1 is 1.33 bits per heavy atom. The normalized spacial score (nSPS) is 21.3. The summed E-state index contributed by atoms with van der Waals surface area (Å²) in [6.45, 7) is 6.30. The molecule has 0 amide bonds. The van der Waals surface area contributed by atoms with Crippen LogP contribution >= 0.6 is 15.9 Å². The topological polar surface area (TPSA) is 35.5 Å². The van der Waals surface area contributed by atoms with E-state index in [2.05, 4.69) is 39.1 Å². The van der Waals surface area contributed by atoms with Crippen molar-refractivity contribution in [3.8, 4) is 0 Å². The maximum Gasteiger partial charge on any atom is 0.0676 e. The zero-order valence-corrected chi connectivity index (χ0v) is 12.4. The minimum Gasteiger partial charge on any atom is -0.394 e. The van der Waals surface area contributed by atoms with Crippen LogP contribution in [-0.4, -0.2) is 42.8 Å². The first-order valence-corrected chi connectivity index (χ1v) is 7.29. The molecule has 1 fully saturated rings. The molecule has 1 aliphatic rings. The molecule has 4 heteroatoms. The number of aliphatic hydroxyl groups is 1. The molecule has 0 spiro atoms. The summed E-state index contributed by atoms with van der Waals surface area (Å²) in [5.74, 6) is 0. The van der Waals surface area contributed by atoms with E-state index in [4.69, 9.17) is 0 Å². The standard InChI is InChI=1S/C14H21BrN2O/c1-14(11-18,12-5-2-3-6-13(12)15)17-9-4-7-16-8-10-17/h2-3,5-6,16,18H,4,7-11H2,1H3. The second-order valence-corrected chi connectivity index (χ2v) is 5.86. The molecule has 1 heterocycles. The van der Waals surface area contributed by atoms with Crippen LogP contribution < -0.4 is 5.32 Å². The van der Waals surface area contributed by atoms with Crippen LogP contribution in [0.4, 0.5) is 0 Å². The fraction of sp³-hybridized carbons (Fsp3) is 0.571. The Labute approximate surface area is 117 Å². The summed E-state index contributed by atoms with van der Waals surface area (Å²) >= 11 is 3.61. The van der Waals surface area contributed by atoms with E-state index >= 15 is 0 Å². The monoisotopic (exact) mass is 312 g/mol. The molecule has 100 valence electrons. The van der Waals surface area contributed by atoms with Gasteiger partial charge in [-0.3, -0.25) is 4.90 Å². The van der Waals surface area contributed by atoms with Crippen molar-refractivity contribution in [1.29, 1.82) is 0 Å². The zero-order chi connectivity index (χ0) is 13.0. The molecule has 1 atom stereocenters. The molecule has 18 heavy (non-hydrogen) atoms. The van der Waals surface area contributed by atoms with E-state index in [-0.39, 0.29) is 12.1 Å². The first-order valence-electron chi connectivity index (χ1n) is 6.50. The van der Waals surface area contributed by atoms with Crippen molar-refractivity contribution in [2.75, 3.05) is 32.8 Å². The van der Waals surface area contributed by atoms with Crippen molar-refractivity contribution in [2.45, 2.75) is 18.9 Å². The van der Waals surface area contributed by atoms with Gasteiger partial charge in [0, 0.05) is 24.1 Å². The van der Waals surface area contributed by atoms with Crippen LogP contribution in [0.1, 0.15) is 18.9 Å². The van der Waals surface area contributed by atoms with Gasteiger partial charge in [0.25, 0.3) is 0 Å². The molecule has 2 rings (SSSR count). The first-order chi connectivity index (χ1) is 8.68. The van der Waals surface area contributed by atoms with Crippen LogP contribution in [0, 0.1) is 0 Å². The largest absolute Gasteiger partial charge is 0.394 e. The van der Waals surface area contributed by atoms with Gasteiger partial charge >= 0.3 is 0 Å². The fourth-order valence-electron chi connectivity index (χ4n) is 2.59. The second kappa shape index (κ2) is 6.15. The van der Waals surface area contributed by atoms with Gasteiger partial charge in [-0.15, -0.1) is 0 Å². The van der Waals surface area contributed by atoms with E-state index < -0.39 is 0 Å². The van der Waals surface area contributed by atoms with E-state index in [9.17, 15) is 5.11 Å². The Morgan fingerprint density at radius 3 is 2.83 bits per heavy atom. The Kier molecular flexibility index (Phi) is 4.78. The van der Waals surface area contributed by atoms with Gasteiger partial charge in [-0.25, -0.2) is 0 Å². The van der Waals surface area contributed by atoms with Gasteiger partial charge < -0.3 is 10.4 Å². The van der Waals surface area contributed by atoms with Crippen molar-refractivity contribution in [3.05, 3.63) is 34.3 Å². The Hall–Kier alpha value is -0.420. The second-order valence-electron chi connectivity index (χ2n) is 5.00. The summed E-state index contributed by atoms with van der Waals surface area (Å²) in [5, 5.41) is 13.3. The van der Waals surface area contributed by atoms with Gasteiger partial charge in [0.15, 0.2) is 0 Å². The Morgan fingerprint density at radius 2 is 2.11 bits per heavy atom. The van der Waals surface area contributed by atoms with Crippen LogP contribution in [0.25, 0.3) is 0 Å². The van der Waals surface area contributed by atoms with Crippen LogP contribution in [0.2, 0.25) is 0 Å². The number of nitrogens with one attached hydrogen (secondary N) is 1. The Bertz CT molecular complexity index is 391. The third-order valence-corrected chi connectivity index (χ3v) is 4.49. The molecular formula is C14H21BrN2O. The van der Waals surface area contributed by atoms with Gasteiger partial charge in [0.2, 0.25) is 0 Å². The van der Waals surface area contributed by atoms with Gasteiger partial charge in [-0.2, -0.15) is 0 Å². The van der Waals surface area contributed by atoms with Gasteiger partial charge in [-0.05, 0) is 31.5 Å². The van der Waals surface area contributed by atoms with Gasteiger partial charge in [-0.1, -0.05) is 34.1 Å². The summed E-state index contributed by atoms with van der Waals surface area (Å²) in [6, 6.07) is 8.18. The quantitative estimate of drug-likeness (QED) is 0.895. The predicted molar refractivity (Wildman–Crippen MR) is 77.6 cm³/mol. The van der Waals surface area contributed by atoms with Crippen molar-refractivity contribution in [3.63, 3.8) is 0 Å². The summed E-state index contributed by atoms with van der Waals surface area (Å²) in [6.07, 6.45) is 1.13. The van der Waals surface area contributed by atoms with Gasteiger partial charge in [0.1, 0.15) is 0 Å². The summed E-state index contributed by atoms with van der Waals surface area (Å²) in [4.78, 5) is 2.38. The minimum atomic E-state index is -0.313. The number of hydrogen-bond acceptors (Lipinski definition) is 3. The third-order valence-electron chi connectivity index (χ3n) is 3.80. The van der Waals surface area contributed by atoms with Crippen molar-refractivity contribution in [1.82, 2.24) is 10.2 Å². The zero-order valence-electron chi connectivity index (χ0n) is 10.8. The van der Waals surface area contributed by atoms with Crippen LogP contribution in [-0.2, 0) is 5.54 Å². The van der Waals surface area contributed by atoms with Gasteiger partial charge in [0.05, 0.1) is 12.1 Å². The molecule has 1 aromatic carbocycles. The van der Waals surface area contributed by atoms with Crippen LogP contribution in [0.5, 0.6) is 0 Å². The lowest BCUT2D eigenvalue weighted by Gasteiger charge is -2.40. The lowest BCUT2D eigenvalue weighted by molar-refractivity contribution is 0.0447. The molecule has 1 aromatic rings. The van der Waals surface area contributed by atoms with E-state index in [1.165, 1.54) is 0 Å². The smallest absolute Gasteiger partial charge is 0.0676 e. The minimum absolute atomic E-state index is 0.135. The van der Waals surface area contributed by atoms with E-state index in [1.54, 1.807) is 0 Å². The highest BCUT2D eigenvalue weighted by Crippen LogP contribution is 2.33. The molecule has 0 aliphatic carbocycles. The van der Waals surface area contributed by atoms with Crippen molar-refractivity contribution >= 4 is 15.9 Å². The Balaban J connectivity index is 2.31. The summed E-state index contributed by atoms with van der Waals surface area (Å²) in [7, 11) is 0. The molecule has 0 aromatic heterocycles. The molecule has 0 saturated carbocycles. The number of hydrogen-bond donors (Lipinski definition) is 2. The highest BCUT2D eigenvalue weighted by molar-refractivity contribution is 9.10. The number of rotatable bonds is 3. The van der Waals surface area contributed by atoms with E-state index in [1.807, 2.05) is 18.2 Å². The highest BCUT2D eigenvalue weighted by Gasteiger charge is 2.34. The number of benzene rings is 1. The van der Waals surface area contributed by atoms with Crippen LogP contribution in [0.3, 0.4) is 0 Å². The van der Waals surface area contributed by atoms with Crippen LogP contribution in [0.15, 0.2) is 28.7 Å². The number of nitrogens with zero attached hydrogens (tertiary/aromatic N) is 1. The average molecular weight is 313 g/mol. The summed E-state index contributed by atoms with van der Waals surface area (Å²) < 4.78 is 1.07. The maximum atomic E-state index is 9.92. The van der Waals surface area contributed by atoms with E-state index in [0.717, 1.165) is 42.6 Å². The number of halogens is 1. The molecule has 0 radical (unpaired) electrons. The lowest BCUT2D eigenvalue weighted by atomic mass is 9.90. The molecule has 2 N–H and O–H groups in total. The maximum absolute atomic E-state index is 9.92. The number of aliphatic hydroxyl groups excluding tert-OH is 1. The predicted octanol–water partition coefficient (Wildman–Crippen LogP) is 1.95. The fourth-order valence-corrected chi connectivity index (χ4v) is 3.30. The first kappa shape index (κ1) is 14.0. The molecule has 3 nitrogen and oxygen atoms in total. The molecule has 1 aliphatic heterocycles. The SMILES string of the molecule is CC(CO)(c1ccccc1Br)N1CCCNCC1. The average Bonchev–Trinajstić information content (AvgIpc) is 2.67. The third kappa shape index (κ3) is 2.77. The lowest BCUT2D eigenvalue weighted by Crippen LogP contribution is -2.48. The summed E-state index contributed by atoms with van der Waals surface area (Å²) in [5.41, 5.74) is 0.848.